The highest BCUT2D eigenvalue weighted by Crippen LogP contribution is 2.26. The topological polar surface area (TPSA) is 17.8 Å². The number of rotatable bonds is 4. The van der Waals surface area contributed by atoms with Crippen LogP contribution in [0.15, 0.2) is 54.6 Å². The van der Waals surface area contributed by atoms with Crippen molar-refractivity contribution in [3.05, 3.63) is 76.4 Å². The van der Waals surface area contributed by atoms with Gasteiger partial charge in [0.2, 0.25) is 0 Å². The molecule has 1 aromatic heterocycles. The molecule has 0 aliphatic carbocycles. The Morgan fingerprint density at radius 2 is 1.82 bits per heavy atom. The first-order valence-corrected chi connectivity index (χ1v) is 7.92. The van der Waals surface area contributed by atoms with Crippen LogP contribution in [0.3, 0.4) is 0 Å². The third-order valence-electron chi connectivity index (χ3n) is 3.82. The number of hydrogen-bond acceptors (Lipinski definition) is 1. The van der Waals surface area contributed by atoms with Crippen LogP contribution in [-0.2, 0) is 13.0 Å². The Kier molecular flexibility index (Phi) is 4.30. The lowest BCUT2D eigenvalue weighted by Crippen LogP contribution is -2.04. The number of aromatic nitrogens is 2. The second-order valence-electron chi connectivity index (χ2n) is 5.48. The lowest BCUT2D eigenvalue weighted by molar-refractivity contribution is 0.680. The maximum absolute atomic E-state index is 6.15. The Morgan fingerprint density at radius 3 is 2.50 bits per heavy atom. The zero-order valence-corrected chi connectivity index (χ0v) is 13.6. The van der Waals surface area contributed by atoms with E-state index in [1.807, 2.05) is 19.1 Å². The molecule has 3 heteroatoms. The van der Waals surface area contributed by atoms with Gasteiger partial charge >= 0.3 is 0 Å². The molecule has 0 aliphatic rings. The second-order valence-corrected chi connectivity index (χ2v) is 5.89. The van der Waals surface area contributed by atoms with Crippen molar-refractivity contribution in [1.29, 1.82) is 0 Å². The summed E-state index contributed by atoms with van der Waals surface area (Å²) in [6.07, 6.45) is 0.932. The van der Waals surface area contributed by atoms with Gasteiger partial charge in [0.1, 0.15) is 0 Å². The van der Waals surface area contributed by atoms with E-state index in [-0.39, 0.29) is 0 Å². The molecule has 0 N–H and O–H groups in total. The molecule has 0 saturated heterocycles. The molecule has 0 aliphatic heterocycles. The van der Waals surface area contributed by atoms with E-state index in [2.05, 4.69) is 54.1 Å². The molecule has 22 heavy (non-hydrogen) atoms. The van der Waals surface area contributed by atoms with Gasteiger partial charge in [-0.05, 0) is 42.7 Å². The van der Waals surface area contributed by atoms with E-state index in [0.29, 0.717) is 0 Å². The molecule has 3 rings (SSSR count). The highest BCUT2D eigenvalue weighted by atomic mass is 35.5. The Labute approximate surface area is 136 Å². The fourth-order valence-corrected chi connectivity index (χ4v) is 2.67. The highest BCUT2D eigenvalue weighted by Gasteiger charge is 2.10. The lowest BCUT2D eigenvalue weighted by Gasteiger charge is -2.09. The van der Waals surface area contributed by atoms with Crippen LogP contribution in [0.5, 0.6) is 0 Å². The number of nitrogens with zero attached hydrogens (tertiary/aromatic N) is 2. The maximum Gasteiger partial charge on any atom is 0.0689 e. The number of aryl methyl sites for hydroxylation is 2. The average molecular weight is 311 g/mol. The third kappa shape index (κ3) is 3.07. The fraction of sp³-hybridized carbons (Fsp3) is 0.211. The quantitative estimate of drug-likeness (QED) is 0.653. The van der Waals surface area contributed by atoms with Crippen molar-refractivity contribution in [3.8, 4) is 11.3 Å². The van der Waals surface area contributed by atoms with Crippen LogP contribution < -0.4 is 0 Å². The summed E-state index contributed by atoms with van der Waals surface area (Å²) < 4.78 is 2.08. The molecular weight excluding hydrogens is 292 g/mol. The van der Waals surface area contributed by atoms with Gasteiger partial charge in [0, 0.05) is 10.6 Å². The van der Waals surface area contributed by atoms with E-state index in [1.165, 1.54) is 5.56 Å². The second kappa shape index (κ2) is 6.37. The van der Waals surface area contributed by atoms with Crippen LogP contribution in [0.25, 0.3) is 11.3 Å². The van der Waals surface area contributed by atoms with Crippen LogP contribution in [0.1, 0.15) is 23.7 Å². The minimum atomic E-state index is 0.776. The van der Waals surface area contributed by atoms with Crippen molar-refractivity contribution in [3.63, 3.8) is 0 Å². The average Bonchev–Trinajstić information content (AvgIpc) is 2.94. The zero-order valence-electron chi connectivity index (χ0n) is 12.9. The van der Waals surface area contributed by atoms with Crippen molar-refractivity contribution >= 4 is 11.6 Å². The third-order valence-corrected chi connectivity index (χ3v) is 4.25. The summed E-state index contributed by atoms with van der Waals surface area (Å²) in [4.78, 5) is 0. The standard InChI is InChI=1S/C19H19ClN2/c1-3-17-12-19(16-9-10-18(20)14(2)11-16)22(21-17)13-15-7-5-4-6-8-15/h4-12H,3,13H2,1-2H3. The summed E-state index contributed by atoms with van der Waals surface area (Å²) in [5.41, 5.74) is 5.74. The Hall–Kier alpha value is -2.06. The minimum Gasteiger partial charge on any atom is -0.260 e. The van der Waals surface area contributed by atoms with Gasteiger partial charge in [0.05, 0.1) is 17.9 Å². The summed E-state index contributed by atoms with van der Waals surface area (Å²) in [6.45, 7) is 4.94. The summed E-state index contributed by atoms with van der Waals surface area (Å²) >= 11 is 6.15. The van der Waals surface area contributed by atoms with Crippen molar-refractivity contribution in [2.75, 3.05) is 0 Å². The molecule has 0 saturated carbocycles. The van der Waals surface area contributed by atoms with Gasteiger partial charge in [-0.15, -0.1) is 0 Å². The number of halogens is 1. The first-order chi connectivity index (χ1) is 10.7. The predicted octanol–water partition coefficient (Wildman–Crippen LogP) is 5.12. The molecule has 0 amide bonds. The first-order valence-electron chi connectivity index (χ1n) is 7.54. The fourth-order valence-electron chi connectivity index (χ4n) is 2.56. The summed E-state index contributed by atoms with van der Waals surface area (Å²) in [5, 5.41) is 5.54. The minimum absolute atomic E-state index is 0.776. The van der Waals surface area contributed by atoms with Gasteiger partial charge in [-0.25, -0.2) is 0 Å². The van der Waals surface area contributed by atoms with Crippen LogP contribution in [-0.4, -0.2) is 9.78 Å². The molecule has 0 bridgehead atoms. The smallest absolute Gasteiger partial charge is 0.0689 e. The SMILES string of the molecule is CCc1cc(-c2ccc(Cl)c(C)c2)n(Cc2ccccc2)n1. The molecule has 0 spiro atoms. The maximum atomic E-state index is 6.15. The van der Waals surface area contributed by atoms with Gasteiger partial charge in [0.15, 0.2) is 0 Å². The zero-order chi connectivity index (χ0) is 15.5. The number of benzene rings is 2. The molecule has 2 aromatic carbocycles. The van der Waals surface area contributed by atoms with E-state index in [1.54, 1.807) is 0 Å². The molecule has 0 unspecified atom stereocenters. The first kappa shape index (κ1) is 14.9. The van der Waals surface area contributed by atoms with E-state index in [4.69, 9.17) is 16.7 Å². The van der Waals surface area contributed by atoms with Gasteiger partial charge in [-0.1, -0.05) is 54.9 Å². The summed E-state index contributed by atoms with van der Waals surface area (Å²) in [5.74, 6) is 0. The van der Waals surface area contributed by atoms with Crippen LogP contribution in [0, 0.1) is 6.92 Å². The van der Waals surface area contributed by atoms with Crippen LogP contribution in [0.2, 0.25) is 5.02 Å². The molecule has 1 heterocycles. The molecule has 0 fully saturated rings. The molecule has 2 nitrogen and oxygen atoms in total. The van der Waals surface area contributed by atoms with E-state index in [9.17, 15) is 0 Å². The van der Waals surface area contributed by atoms with Gasteiger partial charge < -0.3 is 0 Å². The van der Waals surface area contributed by atoms with Gasteiger partial charge in [-0.2, -0.15) is 5.10 Å². The summed E-state index contributed by atoms with van der Waals surface area (Å²) in [7, 11) is 0. The predicted molar refractivity (Wildman–Crippen MR) is 92.3 cm³/mol. The van der Waals surface area contributed by atoms with Crippen LogP contribution in [0.4, 0.5) is 0 Å². The van der Waals surface area contributed by atoms with Crippen LogP contribution >= 0.6 is 11.6 Å². The van der Waals surface area contributed by atoms with Crippen molar-refractivity contribution < 1.29 is 0 Å². The molecule has 0 atom stereocenters. The van der Waals surface area contributed by atoms with Crippen molar-refractivity contribution in [2.24, 2.45) is 0 Å². The Morgan fingerprint density at radius 1 is 1.05 bits per heavy atom. The largest absolute Gasteiger partial charge is 0.260 e. The molecule has 112 valence electrons. The summed E-state index contributed by atoms with van der Waals surface area (Å²) in [6, 6.07) is 18.7. The van der Waals surface area contributed by atoms with Crippen molar-refractivity contribution in [2.45, 2.75) is 26.8 Å². The monoisotopic (exact) mass is 310 g/mol. The van der Waals surface area contributed by atoms with E-state index in [0.717, 1.165) is 40.5 Å². The van der Waals surface area contributed by atoms with E-state index < -0.39 is 0 Å². The normalized spacial score (nSPS) is 10.9. The van der Waals surface area contributed by atoms with Gasteiger partial charge in [-0.3, -0.25) is 4.68 Å². The molecule has 0 radical (unpaired) electrons. The van der Waals surface area contributed by atoms with E-state index >= 15 is 0 Å². The molecule has 3 aromatic rings. The Bertz CT molecular complexity index is 775. The number of hydrogen-bond donors (Lipinski definition) is 0. The Balaban J connectivity index is 2.02. The lowest BCUT2D eigenvalue weighted by atomic mass is 10.1. The molecular formula is C19H19ClN2. The van der Waals surface area contributed by atoms with Crippen molar-refractivity contribution in [1.82, 2.24) is 9.78 Å². The highest BCUT2D eigenvalue weighted by molar-refractivity contribution is 6.31. The van der Waals surface area contributed by atoms with Gasteiger partial charge in [0.25, 0.3) is 0 Å².